The summed E-state index contributed by atoms with van der Waals surface area (Å²) in [6, 6.07) is -0.129. The zero-order valence-corrected chi connectivity index (χ0v) is 9.72. The average molecular weight is 229 g/mol. The number of hydrogen-bond donors (Lipinski definition) is 2. The minimum atomic E-state index is -0.958. The highest BCUT2D eigenvalue weighted by atomic mass is 16.4. The number of likely N-dealkylation sites (tertiary alicyclic amines) is 1. The van der Waals surface area contributed by atoms with E-state index < -0.39 is 17.8 Å². The summed E-state index contributed by atoms with van der Waals surface area (Å²) in [5, 5.41) is 18.0. The highest BCUT2D eigenvalue weighted by molar-refractivity contribution is 5.84. The Bertz CT molecular complexity index is 279. The zero-order chi connectivity index (χ0) is 12.3. The van der Waals surface area contributed by atoms with Crippen LogP contribution in [-0.2, 0) is 9.59 Å². The molecule has 1 fully saturated rings. The standard InChI is InChI=1S/C11H19NO4/c1-7(8(2)11(15)16)10(14)12-5-3-4-9(12)6-13/h7-9,13H,3-6H2,1-2H3,(H,15,16)/t7?,8?,9-/m0/s1. The Labute approximate surface area is 95.1 Å². The summed E-state index contributed by atoms with van der Waals surface area (Å²) in [5.41, 5.74) is 0. The number of carbonyl (C=O) groups excluding carboxylic acids is 1. The molecule has 0 saturated carbocycles. The van der Waals surface area contributed by atoms with E-state index in [1.165, 1.54) is 6.92 Å². The summed E-state index contributed by atoms with van der Waals surface area (Å²) >= 11 is 0. The molecule has 1 aliphatic rings. The lowest BCUT2D eigenvalue weighted by molar-refractivity contribution is -0.149. The molecule has 1 saturated heterocycles. The summed E-state index contributed by atoms with van der Waals surface area (Å²) in [6.07, 6.45) is 1.68. The highest BCUT2D eigenvalue weighted by Crippen LogP contribution is 2.22. The van der Waals surface area contributed by atoms with Gasteiger partial charge < -0.3 is 15.1 Å². The second-order valence-corrected chi connectivity index (χ2v) is 4.43. The lowest BCUT2D eigenvalue weighted by Crippen LogP contribution is -2.43. The molecule has 5 heteroatoms. The van der Waals surface area contributed by atoms with Crippen molar-refractivity contribution in [3.63, 3.8) is 0 Å². The van der Waals surface area contributed by atoms with E-state index in [4.69, 9.17) is 10.2 Å². The Morgan fingerprint density at radius 1 is 1.38 bits per heavy atom. The first-order valence-corrected chi connectivity index (χ1v) is 5.63. The van der Waals surface area contributed by atoms with Gasteiger partial charge in [-0.15, -0.1) is 0 Å². The third kappa shape index (κ3) is 2.52. The number of carbonyl (C=O) groups is 2. The quantitative estimate of drug-likeness (QED) is 0.728. The zero-order valence-electron chi connectivity index (χ0n) is 9.72. The van der Waals surface area contributed by atoms with Crippen molar-refractivity contribution in [1.82, 2.24) is 4.90 Å². The van der Waals surface area contributed by atoms with E-state index in [1.54, 1.807) is 11.8 Å². The molecule has 2 unspecified atom stereocenters. The normalized spacial score (nSPS) is 24.2. The second kappa shape index (κ2) is 5.30. The number of carboxylic acid groups (broad SMARTS) is 1. The number of amides is 1. The van der Waals surface area contributed by atoms with Gasteiger partial charge >= 0.3 is 5.97 Å². The summed E-state index contributed by atoms with van der Waals surface area (Å²) in [6.45, 7) is 3.75. The molecule has 16 heavy (non-hydrogen) atoms. The van der Waals surface area contributed by atoms with Crippen LogP contribution >= 0.6 is 0 Å². The first kappa shape index (κ1) is 13.0. The van der Waals surface area contributed by atoms with Gasteiger partial charge in [-0.05, 0) is 12.8 Å². The van der Waals surface area contributed by atoms with Gasteiger partial charge in [-0.1, -0.05) is 13.8 Å². The predicted octanol–water partition coefficient (Wildman–Crippen LogP) is 0.326. The Balaban J connectivity index is 2.66. The van der Waals surface area contributed by atoms with Crippen molar-refractivity contribution in [3.8, 4) is 0 Å². The lowest BCUT2D eigenvalue weighted by Gasteiger charge is -2.27. The van der Waals surface area contributed by atoms with Crippen molar-refractivity contribution in [2.24, 2.45) is 11.8 Å². The fraction of sp³-hybridized carbons (Fsp3) is 0.818. The smallest absolute Gasteiger partial charge is 0.307 e. The van der Waals surface area contributed by atoms with Crippen LogP contribution in [0.3, 0.4) is 0 Å². The van der Waals surface area contributed by atoms with Crippen molar-refractivity contribution >= 4 is 11.9 Å². The van der Waals surface area contributed by atoms with Gasteiger partial charge in [-0.2, -0.15) is 0 Å². The Morgan fingerprint density at radius 2 is 2.00 bits per heavy atom. The monoisotopic (exact) mass is 229 g/mol. The molecule has 0 aromatic rings. The molecule has 0 aromatic carbocycles. The molecule has 92 valence electrons. The van der Waals surface area contributed by atoms with Gasteiger partial charge in [0.1, 0.15) is 0 Å². The third-order valence-corrected chi connectivity index (χ3v) is 3.40. The molecule has 3 atom stereocenters. The Morgan fingerprint density at radius 3 is 2.50 bits per heavy atom. The number of nitrogens with zero attached hydrogens (tertiary/aromatic N) is 1. The van der Waals surface area contributed by atoms with Crippen molar-refractivity contribution in [2.45, 2.75) is 32.7 Å². The first-order chi connectivity index (χ1) is 7.49. The Kier molecular flexibility index (Phi) is 4.29. The molecule has 0 aliphatic carbocycles. The number of aliphatic carboxylic acids is 1. The highest BCUT2D eigenvalue weighted by Gasteiger charge is 2.34. The molecule has 0 bridgehead atoms. The van der Waals surface area contributed by atoms with Gasteiger partial charge in [-0.3, -0.25) is 9.59 Å². The van der Waals surface area contributed by atoms with Crippen LogP contribution in [0.1, 0.15) is 26.7 Å². The molecule has 1 heterocycles. The summed E-state index contributed by atoms with van der Waals surface area (Å²) < 4.78 is 0. The molecule has 1 rings (SSSR count). The van der Waals surface area contributed by atoms with E-state index >= 15 is 0 Å². The number of aliphatic hydroxyl groups is 1. The van der Waals surface area contributed by atoms with Crippen molar-refractivity contribution in [2.75, 3.05) is 13.2 Å². The molecule has 0 radical (unpaired) electrons. The number of aliphatic hydroxyl groups excluding tert-OH is 1. The average Bonchev–Trinajstić information content (AvgIpc) is 2.73. The summed E-state index contributed by atoms with van der Waals surface area (Å²) in [7, 11) is 0. The van der Waals surface area contributed by atoms with Gasteiger partial charge in [0, 0.05) is 12.5 Å². The second-order valence-electron chi connectivity index (χ2n) is 4.43. The van der Waals surface area contributed by atoms with Gasteiger partial charge in [0.05, 0.1) is 18.6 Å². The minimum absolute atomic E-state index is 0.0418. The maximum Gasteiger partial charge on any atom is 0.307 e. The van der Waals surface area contributed by atoms with E-state index in [0.29, 0.717) is 6.54 Å². The van der Waals surface area contributed by atoms with Crippen LogP contribution < -0.4 is 0 Å². The molecular weight excluding hydrogens is 210 g/mol. The van der Waals surface area contributed by atoms with Crippen LogP contribution in [0.25, 0.3) is 0 Å². The van der Waals surface area contributed by atoms with Gasteiger partial charge in [0.15, 0.2) is 0 Å². The minimum Gasteiger partial charge on any atom is -0.481 e. The fourth-order valence-corrected chi connectivity index (χ4v) is 2.00. The van der Waals surface area contributed by atoms with Crippen LogP contribution in [0.5, 0.6) is 0 Å². The maximum absolute atomic E-state index is 12.0. The summed E-state index contributed by atoms with van der Waals surface area (Å²) in [5.74, 6) is -2.34. The fourth-order valence-electron chi connectivity index (χ4n) is 2.00. The van der Waals surface area contributed by atoms with E-state index in [2.05, 4.69) is 0 Å². The van der Waals surface area contributed by atoms with E-state index in [1.807, 2.05) is 0 Å². The number of hydrogen-bond acceptors (Lipinski definition) is 3. The lowest BCUT2D eigenvalue weighted by atomic mass is 9.94. The first-order valence-electron chi connectivity index (χ1n) is 5.63. The SMILES string of the molecule is CC(C(=O)O)C(C)C(=O)N1CCC[C@H]1CO. The maximum atomic E-state index is 12.0. The third-order valence-electron chi connectivity index (χ3n) is 3.40. The van der Waals surface area contributed by atoms with Crippen molar-refractivity contribution in [3.05, 3.63) is 0 Å². The van der Waals surface area contributed by atoms with Crippen LogP contribution in [0.15, 0.2) is 0 Å². The Hall–Kier alpha value is -1.10. The molecular formula is C11H19NO4. The van der Waals surface area contributed by atoms with E-state index in [0.717, 1.165) is 12.8 Å². The van der Waals surface area contributed by atoms with Gasteiger partial charge in [0.2, 0.25) is 5.91 Å². The number of carboxylic acids is 1. The molecule has 2 N–H and O–H groups in total. The van der Waals surface area contributed by atoms with E-state index in [9.17, 15) is 9.59 Å². The van der Waals surface area contributed by atoms with Crippen LogP contribution in [0.2, 0.25) is 0 Å². The molecule has 1 amide bonds. The van der Waals surface area contributed by atoms with Gasteiger partial charge in [0.25, 0.3) is 0 Å². The van der Waals surface area contributed by atoms with Crippen LogP contribution in [0, 0.1) is 11.8 Å². The predicted molar refractivity (Wildman–Crippen MR) is 57.8 cm³/mol. The molecule has 1 aliphatic heterocycles. The molecule has 0 aromatic heterocycles. The van der Waals surface area contributed by atoms with Gasteiger partial charge in [-0.25, -0.2) is 0 Å². The van der Waals surface area contributed by atoms with Crippen LogP contribution in [-0.4, -0.2) is 46.2 Å². The number of rotatable bonds is 4. The topological polar surface area (TPSA) is 77.8 Å². The van der Waals surface area contributed by atoms with Crippen LogP contribution in [0.4, 0.5) is 0 Å². The molecule has 0 spiro atoms. The van der Waals surface area contributed by atoms with Crippen molar-refractivity contribution in [1.29, 1.82) is 0 Å². The molecule has 5 nitrogen and oxygen atoms in total. The summed E-state index contributed by atoms with van der Waals surface area (Å²) in [4.78, 5) is 24.4. The van der Waals surface area contributed by atoms with Crippen molar-refractivity contribution < 1.29 is 19.8 Å². The largest absolute Gasteiger partial charge is 0.481 e. The van der Waals surface area contributed by atoms with E-state index in [-0.39, 0.29) is 18.6 Å².